The van der Waals surface area contributed by atoms with Crippen LogP contribution in [-0.4, -0.2) is 49.7 Å². The zero-order valence-electron chi connectivity index (χ0n) is 20.8. The second-order valence-electron chi connectivity index (χ2n) is 8.91. The van der Waals surface area contributed by atoms with Gasteiger partial charge in [0.2, 0.25) is 5.91 Å². The number of anilines is 1. The Morgan fingerprint density at radius 3 is 2.70 bits per heavy atom. The highest BCUT2D eigenvalue weighted by atomic mass is 16.5. The number of imidazole rings is 1. The predicted molar refractivity (Wildman–Crippen MR) is 140 cm³/mol. The van der Waals surface area contributed by atoms with Gasteiger partial charge in [-0.1, -0.05) is 18.7 Å². The molecule has 188 valence electrons. The Morgan fingerprint density at radius 2 is 1.95 bits per heavy atom. The van der Waals surface area contributed by atoms with Gasteiger partial charge in [-0.3, -0.25) is 19.0 Å². The van der Waals surface area contributed by atoms with Crippen molar-refractivity contribution in [2.75, 3.05) is 19.0 Å². The third-order valence-electron chi connectivity index (χ3n) is 6.65. The molecule has 9 nitrogen and oxygen atoms in total. The summed E-state index contributed by atoms with van der Waals surface area (Å²) in [6, 6.07) is 10.5. The number of rotatable bonds is 6. The van der Waals surface area contributed by atoms with Crippen LogP contribution in [0.5, 0.6) is 5.75 Å². The van der Waals surface area contributed by atoms with Crippen molar-refractivity contribution in [3.8, 4) is 17.0 Å². The number of likely N-dealkylation sites (tertiary alicyclic amines) is 1. The Morgan fingerprint density at radius 1 is 1.14 bits per heavy atom. The first-order valence-corrected chi connectivity index (χ1v) is 12.2. The zero-order valence-corrected chi connectivity index (χ0v) is 20.8. The fourth-order valence-corrected chi connectivity index (χ4v) is 4.81. The van der Waals surface area contributed by atoms with Crippen molar-refractivity contribution in [3.63, 3.8) is 0 Å². The highest BCUT2D eigenvalue weighted by Crippen LogP contribution is 2.35. The molecule has 0 aliphatic carbocycles. The van der Waals surface area contributed by atoms with Gasteiger partial charge in [0.05, 0.1) is 30.1 Å². The lowest BCUT2D eigenvalue weighted by Gasteiger charge is -2.34. The number of pyridine rings is 1. The molecule has 5 rings (SSSR count). The number of ether oxygens (including phenoxy) is 1. The van der Waals surface area contributed by atoms with E-state index in [-0.39, 0.29) is 17.9 Å². The summed E-state index contributed by atoms with van der Waals surface area (Å²) in [7, 11) is 1.56. The van der Waals surface area contributed by atoms with Crippen molar-refractivity contribution in [1.82, 2.24) is 24.3 Å². The van der Waals surface area contributed by atoms with Crippen molar-refractivity contribution >= 4 is 23.1 Å². The topological polar surface area (TPSA) is 102 Å². The van der Waals surface area contributed by atoms with Gasteiger partial charge < -0.3 is 15.0 Å². The number of amides is 2. The number of aryl methyl sites for hydroxylation is 1. The minimum Gasteiger partial charge on any atom is -0.497 e. The summed E-state index contributed by atoms with van der Waals surface area (Å²) in [5.74, 6) is 1.46. The van der Waals surface area contributed by atoms with E-state index in [2.05, 4.69) is 21.9 Å². The van der Waals surface area contributed by atoms with Crippen LogP contribution in [0.25, 0.3) is 16.8 Å². The summed E-state index contributed by atoms with van der Waals surface area (Å²) in [6.45, 7) is 6.30. The second kappa shape index (κ2) is 10.2. The monoisotopic (exact) mass is 496 g/mol. The van der Waals surface area contributed by atoms with E-state index in [4.69, 9.17) is 9.72 Å². The van der Waals surface area contributed by atoms with Gasteiger partial charge in [-0.25, -0.2) is 9.97 Å². The quantitative estimate of drug-likeness (QED) is 0.392. The number of methoxy groups -OCH3 is 1. The number of hydrogen-bond donors (Lipinski definition) is 1. The Labute approximate surface area is 214 Å². The minimum atomic E-state index is -0.277. The van der Waals surface area contributed by atoms with Crippen molar-refractivity contribution in [2.45, 2.75) is 32.2 Å². The molecule has 1 N–H and O–H groups in total. The summed E-state index contributed by atoms with van der Waals surface area (Å²) in [4.78, 5) is 41.0. The molecule has 0 radical (unpaired) electrons. The van der Waals surface area contributed by atoms with Gasteiger partial charge in [-0.15, -0.1) is 0 Å². The van der Waals surface area contributed by atoms with Crippen LogP contribution in [-0.2, 0) is 4.79 Å². The number of hydrogen-bond acceptors (Lipinski definition) is 6. The van der Waals surface area contributed by atoms with Crippen LogP contribution in [0.4, 0.5) is 5.82 Å². The van der Waals surface area contributed by atoms with E-state index in [1.165, 1.54) is 6.08 Å². The Kier molecular flexibility index (Phi) is 6.68. The number of fused-ring (bicyclic) bond motifs is 1. The number of nitrogens with zero attached hydrogens (tertiary/aromatic N) is 5. The molecule has 1 aromatic carbocycles. The highest BCUT2D eigenvalue weighted by Gasteiger charge is 2.31. The van der Waals surface area contributed by atoms with Gasteiger partial charge in [0.25, 0.3) is 5.91 Å². The van der Waals surface area contributed by atoms with Gasteiger partial charge >= 0.3 is 0 Å². The van der Waals surface area contributed by atoms with E-state index >= 15 is 0 Å². The molecule has 4 heterocycles. The smallest absolute Gasteiger partial charge is 0.256 e. The lowest BCUT2D eigenvalue weighted by molar-refractivity contribution is -0.129. The highest BCUT2D eigenvalue weighted by molar-refractivity contribution is 6.04. The Balaban J connectivity index is 1.49. The Bertz CT molecular complexity index is 1480. The van der Waals surface area contributed by atoms with E-state index in [9.17, 15) is 9.59 Å². The molecule has 0 unspecified atom stereocenters. The van der Waals surface area contributed by atoms with Gasteiger partial charge in [-0.05, 0) is 50.5 Å². The number of benzene rings is 1. The van der Waals surface area contributed by atoms with E-state index in [0.29, 0.717) is 23.7 Å². The predicted octanol–water partition coefficient (Wildman–Crippen LogP) is 4.60. The molecule has 1 aliphatic heterocycles. The van der Waals surface area contributed by atoms with Crippen LogP contribution in [0.1, 0.15) is 47.2 Å². The van der Waals surface area contributed by atoms with E-state index in [1.807, 2.05) is 34.6 Å². The normalized spacial score (nSPS) is 15.4. The maximum atomic E-state index is 12.8. The molecule has 1 saturated heterocycles. The number of carbonyl (C=O) groups is 2. The number of nitrogens with one attached hydrogen (secondary N) is 1. The van der Waals surface area contributed by atoms with Crippen molar-refractivity contribution in [3.05, 3.63) is 84.7 Å². The molecule has 0 bridgehead atoms. The molecule has 1 atom stereocenters. The molecule has 0 saturated carbocycles. The molecule has 2 amide bonds. The maximum Gasteiger partial charge on any atom is 0.256 e. The third-order valence-corrected chi connectivity index (χ3v) is 6.65. The first-order valence-electron chi connectivity index (χ1n) is 12.2. The molecule has 4 aromatic rings. The molecule has 3 aromatic heterocycles. The van der Waals surface area contributed by atoms with Crippen molar-refractivity contribution in [2.24, 2.45) is 0 Å². The van der Waals surface area contributed by atoms with Crippen LogP contribution in [0.15, 0.2) is 67.6 Å². The van der Waals surface area contributed by atoms with Gasteiger partial charge in [0, 0.05) is 42.3 Å². The molecule has 1 fully saturated rings. The van der Waals surface area contributed by atoms with Crippen molar-refractivity contribution < 1.29 is 14.3 Å². The number of carbonyl (C=O) groups excluding carboxylic acids is 2. The second-order valence-corrected chi connectivity index (χ2v) is 8.91. The minimum absolute atomic E-state index is 0.0883. The van der Waals surface area contributed by atoms with Crippen LogP contribution in [0.3, 0.4) is 0 Å². The zero-order chi connectivity index (χ0) is 25.9. The van der Waals surface area contributed by atoms with Gasteiger partial charge in [0.15, 0.2) is 0 Å². The molecular formula is C28H28N6O3. The number of piperidine rings is 1. The molecule has 1 aliphatic rings. The fraction of sp³-hybridized carbons (Fsp3) is 0.250. The molecule has 9 heteroatoms. The fourth-order valence-electron chi connectivity index (χ4n) is 4.81. The summed E-state index contributed by atoms with van der Waals surface area (Å²) in [5.41, 5.74) is 3.82. The average molecular weight is 497 g/mol. The SMILES string of the molecule is C=CC(=O)N1CCCC[C@H]1c1nc(-c2ccc(C(=O)Nc3cc(OC)ccn3)cc2)c2c(C)nccn12. The standard InChI is InChI=1S/C28H28N6O3/c1-4-24(35)33-15-6-5-7-22(33)27-32-25(26-18(2)29-14-16-34(26)27)19-8-10-20(11-9-19)28(36)31-23-17-21(37-3)12-13-30-23/h4,8-14,16-17,22H,1,5-7,15H2,2-3H3,(H,30,31,36)/t22-/m0/s1. The van der Waals surface area contributed by atoms with Crippen LogP contribution in [0.2, 0.25) is 0 Å². The summed E-state index contributed by atoms with van der Waals surface area (Å²) < 4.78 is 7.23. The molecule has 0 spiro atoms. The largest absolute Gasteiger partial charge is 0.497 e. The Hall–Kier alpha value is -4.53. The van der Waals surface area contributed by atoms with Gasteiger partial charge in [-0.2, -0.15) is 0 Å². The van der Waals surface area contributed by atoms with Crippen molar-refractivity contribution in [1.29, 1.82) is 0 Å². The first kappa shape index (κ1) is 24.2. The summed E-state index contributed by atoms with van der Waals surface area (Å²) in [6.07, 6.45) is 9.39. The number of aromatic nitrogens is 4. The lowest BCUT2D eigenvalue weighted by atomic mass is 10.0. The van der Waals surface area contributed by atoms with E-state index in [1.54, 1.807) is 43.8 Å². The molecular weight excluding hydrogens is 468 g/mol. The average Bonchev–Trinajstić information content (AvgIpc) is 3.33. The lowest BCUT2D eigenvalue weighted by Crippen LogP contribution is -2.38. The van der Waals surface area contributed by atoms with Crippen LogP contribution in [0, 0.1) is 6.92 Å². The van der Waals surface area contributed by atoms with E-state index in [0.717, 1.165) is 47.6 Å². The summed E-state index contributed by atoms with van der Waals surface area (Å²) in [5, 5.41) is 2.79. The third kappa shape index (κ3) is 4.67. The summed E-state index contributed by atoms with van der Waals surface area (Å²) >= 11 is 0. The maximum absolute atomic E-state index is 12.8. The first-order chi connectivity index (χ1) is 18.0. The van der Waals surface area contributed by atoms with Gasteiger partial charge in [0.1, 0.15) is 17.4 Å². The van der Waals surface area contributed by atoms with Crippen LogP contribution < -0.4 is 10.1 Å². The van der Waals surface area contributed by atoms with Crippen LogP contribution >= 0.6 is 0 Å². The van der Waals surface area contributed by atoms with E-state index < -0.39 is 0 Å². The molecule has 37 heavy (non-hydrogen) atoms.